The zero-order valence-electron chi connectivity index (χ0n) is 19.2. The first-order chi connectivity index (χ1) is 16.4. The molecule has 2 aromatic rings. The Bertz CT molecular complexity index is 1180. The molecule has 0 bridgehead atoms. The maximum atomic E-state index is 13.9. The molecule has 1 fully saturated rings. The summed E-state index contributed by atoms with van der Waals surface area (Å²) in [5.41, 5.74) is 2.58. The van der Waals surface area contributed by atoms with Crippen molar-refractivity contribution in [1.29, 1.82) is 0 Å². The van der Waals surface area contributed by atoms with E-state index in [1.54, 1.807) is 6.07 Å². The standard InChI is InChI=1S/C26H32FN3O3S/c27-23-3-1-2-4-25(23)34(32,33)29-16-18-7-5-17(6-8-18)15-28-26-14-22-21-11-10-20(31)13-19(21)9-12-24(22)30-26/h1-4,10-11,13,17-18,22,24,29,31H,5-9,12,14-16H2,(H,28,30)/t17?,18?,22-,24+/m0/s1. The lowest BCUT2D eigenvalue weighted by molar-refractivity contribution is 0.275. The van der Waals surface area contributed by atoms with Crippen LogP contribution in [-0.4, -0.2) is 38.5 Å². The minimum absolute atomic E-state index is 0.275. The Hall–Kier alpha value is -2.45. The predicted molar refractivity (Wildman–Crippen MR) is 130 cm³/mol. The van der Waals surface area contributed by atoms with Crippen molar-refractivity contribution in [3.63, 3.8) is 0 Å². The van der Waals surface area contributed by atoms with Gasteiger partial charge in [-0.25, -0.2) is 17.5 Å². The highest BCUT2D eigenvalue weighted by Gasteiger charge is 2.35. The number of phenols is 1. The van der Waals surface area contributed by atoms with Gasteiger partial charge in [0, 0.05) is 25.4 Å². The summed E-state index contributed by atoms with van der Waals surface area (Å²) in [5, 5.41) is 13.4. The summed E-state index contributed by atoms with van der Waals surface area (Å²) in [6, 6.07) is 11.5. The van der Waals surface area contributed by atoms with E-state index in [1.165, 1.54) is 35.4 Å². The summed E-state index contributed by atoms with van der Waals surface area (Å²) >= 11 is 0. The molecule has 2 aromatic carbocycles. The molecule has 8 heteroatoms. The normalized spacial score (nSPS) is 26.4. The number of sulfonamides is 1. The van der Waals surface area contributed by atoms with Crippen LogP contribution in [-0.2, 0) is 16.4 Å². The van der Waals surface area contributed by atoms with Gasteiger partial charge in [-0.15, -0.1) is 0 Å². The van der Waals surface area contributed by atoms with Crippen molar-refractivity contribution < 1.29 is 17.9 Å². The highest BCUT2D eigenvalue weighted by Crippen LogP contribution is 2.41. The summed E-state index contributed by atoms with van der Waals surface area (Å²) in [4.78, 5) is 4.67. The van der Waals surface area contributed by atoms with Crippen molar-refractivity contribution in [3.05, 3.63) is 59.4 Å². The lowest BCUT2D eigenvalue weighted by atomic mass is 9.79. The van der Waals surface area contributed by atoms with Crippen molar-refractivity contribution in [2.24, 2.45) is 16.8 Å². The quantitative estimate of drug-likeness (QED) is 0.574. The Morgan fingerprint density at radius 1 is 1.00 bits per heavy atom. The minimum atomic E-state index is -3.83. The molecular weight excluding hydrogens is 453 g/mol. The number of fused-ring (bicyclic) bond motifs is 3. The van der Waals surface area contributed by atoms with E-state index in [4.69, 9.17) is 4.99 Å². The van der Waals surface area contributed by atoms with Gasteiger partial charge in [0.25, 0.3) is 0 Å². The number of aryl methyl sites for hydroxylation is 1. The third kappa shape index (κ3) is 4.98. The second kappa shape index (κ2) is 9.66. The number of benzene rings is 2. The van der Waals surface area contributed by atoms with Crippen LogP contribution in [0.4, 0.5) is 4.39 Å². The molecule has 0 unspecified atom stereocenters. The van der Waals surface area contributed by atoms with Crippen molar-refractivity contribution in [3.8, 4) is 5.75 Å². The van der Waals surface area contributed by atoms with Gasteiger partial charge in [-0.2, -0.15) is 0 Å². The van der Waals surface area contributed by atoms with Gasteiger partial charge in [0.1, 0.15) is 16.5 Å². The number of aliphatic imine (C=N–C) groups is 1. The number of aromatic hydroxyl groups is 1. The van der Waals surface area contributed by atoms with E-state index in [0.29, 0.717) is 30.2 Å². The Kier molecular flexibility index (Phi) is 6.62. The Labute approximate surface area is 200 Å². The van der Waals surface area contributed by atoms with Crippen LogP contribution >= 0.6 is 0 Å². The van der Waals surface area contributed by atoms with Gasteiger partial charge in [0.05, 0.1) is 11.9 Å². The third-order valence-electron chi connectivity index (χ3n) is 7.68. The second-order valence-electron chi connectivity index (χ2n) is 9.93. The zero-order valence-corrected chi connectivity index (χ0v) is 20.0. The monoisotopic (exact) mass is 485 g/mol. The summed E-state index contributed by atoms with van der Waals surface area (Å²) in [6.07, 6.45) is 6.92. The Balaban J connectivity index is 1.07. The molecule has 0 spiro atoms. The number of hydrogen-bond donors (Lipinski definition) is 3. The molecule has 34 heavy (non-hydrogen) atoms. The second-order valence-corrected chi connectivity index (χ2v) is 11.7. The SMILES string of the molecule is O=S(=O)(NCC1CCC(CNC2=N[C@@H]3CCc4cc(O)ccc4[C@@H]3C2)CC1)c1ccccc1F. The molecule has 3 aliphatic rings. The number of amidine groups is 1. The first-order valence-electron chi connectivity index (χ1n) is 12.3. The first-order valence-corrected chi connectivity index (χ1v) is 13.7. The number of hydrogen-bond acceptors (Lipinski definition) is 5. The lowest BCUT2D eigenvalue weighted by Crippen LogP contribution is -2.34. The molecule has 0 amide bonds. The zero-order chi connectivity index (χ0) is 23.7. The molecule has 6 nitrogen and oxygen atoms in total. The summed E-state index contributed by atoms with van der Waals surface area (Å²) in [5.74, 6) is 1.94. The van der Waals surface area contributed by atoms with Crippen LogP contribution in [0.25, 0.3) is 0 Å². The molecule has 182 valence electrons. The Morgan fingerprint density at radius 3 is 2.50 bits per heavy atom. The third-order valence-corrected chi connectivity index (χ3v) is 9.14. The largest absolute Gasteiger partial charge is 0.508 e. The van der Waals surface area contributed by atoms with Crippen molar-refractivity contribution in [2.75, 3.05) is 13.1 Å². The van der Waals surface area contributed by atoms with Crippen LogP contribution in [0.2, 0.25) is 0 Å². The molecule has 1 heterocycles. The van der Waals surface area contributed by atoms with Crippen LogP contribution in [0.15, 0.2) is 52.4 Å². The van der Waals surface area contributed by atoms with E-state index in [-0.39, 0.29) is 10.8 Å². The van der Waals surface area contributed by atoms with Gasteiger partial charge in [0.2, 0.25) is 10.0 Å². The van der Waals surface area contributed by atoms with Gasteiger partial charge in [-0.05, 0) is 85.8 Å². The molecule has 2 aliphatic carbocycles. The van der Waals surface area contributed by atoms with Gasteiger partial charge in [-0.1, -0.05) is 18.2 Å². The van der Waals surface area contributed by atoms with Crippen molar-refractivity contribution in [2.45, 2.75) is 61.8 Å². The number of nitrogens with one attached hydrogen (secondary N) is 2. The molecule has 2 atom stereocenters. The van der Waals surface area contributed by atoms with E-state index in [2.05, 4.69) is 16.1 Å². The van der Waals surface area contributed by atoms with E-state index in [9.17, 15) is 17.9 Å². The number of phenolic OH excluding ortho intramolecular Hbond substituents is 1. The molecule has 3 N–H and O–H groups in total. The molecule has 0 radical (unpaired) electrons. The fourth-order valence-electron chi connectivity index (χ4n) is 5.73. The molecule has 1 saturated carbocycles. The smallest absolute Gasteiger partial charge is 0.243 e. The van der Waals surface area contributed by atoms with E-state index in [0.717, 1.165) is 57.3 Å². The number of halogens is 1. The van der Waals surface area contributed by atoms with Crippen LogP contribution in [0.5, 0.6) is 5.75 Å². The van der Waals surface area contributed by atoms with Gasteiger partial charge >= 0.3 is 0 Å². The molecule has 0 aromatic heterocycles. The average molecular weight is 486 g/mol. The van der Waals surface area contributed by atoms with Crippen molar-refractivity contribution in [1.82, 2.24) is 10.0 Å². The minimum Gasteiger partial charge on any atom is -0.508 e. The molecular formula is C26H32FN3O3S. The van der Waals surface area contributed by atoms with E-state index in [1.807, 2.05) is 6.07 Å². The highest BCUT2D eigenvalue weighted by molar-refractivity contribution is 7.89. The fraction of sp³-hybridized carbons (Fsp3) is 0.500. The van der Waals surface area contributed by atoms with Gasteiger partial charge < -0.3 is 10.4 Å². The number of rotatable bonds is 6. The van der Waals surface area contributed by atoms with Crippen LogP contribution < -0.4 is 10.0 Å². The summed E-state index contributed by atoms with van der Waals surface area (Å²) in [6.45, 7) is 1.25. The first kappa shape index (κ1) is 23.3. The number of nitrogens with zero attached hydrogens (tertiary/aromatic N) is 1. The van der Waals surface area contributed by atoms with Crippen LogP contribution in [0.1, 0.15) is 55.6 Å². The van der Waals surface area contributed by atoms with E-state index >= 15 is 0 Å². The van der Waals surface area contributed by atoms with Gasteiger partial charge in [0.15, 0.2) is 0 Å². The Morgan fingerprint density at radius 2 is 1.74 bits per heavy atom. The topological polar surface area (TPSA) is 90.8 Å². The molecule has 5 rings (SSSR count). The highest BCUT2D eigenvalue weighted by atomic mass is 32.2. The predicted octanol–water partition coefficient (Wildman–Crippen LogP) is 4.11. The molecule has 0 saturated heterocycles. The molecule has 1 aliphatic heterocycles. The van der Waals surface area contributed by atoms with Crippen molar-refractivity contribution >= 4 is 15.9 Å². The van der Waals surface area contributed by atoms with E-state index < -0.39 is 15.8 Å². The van der Waals surface area contributed by atoms with Gasteiger partial charge in [-0.3, -0.25) is 4.99 Å². The summed E-state index contributed by atoms with van der Waals surface area (Å²) < 4.78 is 41.3. The maximum Gasteiger partial charge on any atom is 0.243 e. The van der Waals surface area contributed by atoms with Crippen LogP contribution in [0.3, 0.4) is 0 Å². The summed E-state index contributed by atoms with van der Waals surface area (Å²) in [7, 11) is -3.83. The van der Waals surface area contributed by atoms with Crippen LogP contribution in [0, 0.1) is 17.7 Å². The average Bonchev–Trinajstić information content (AvgIpc) is 3.26. The lowest BCUT2D eigenvalue weighted by Gasteiger charge is -2.29. The maximum absolute atomic E-state index is 13.9. The fourth-order valence-corrected chi connectivity index (χ4v) is 6.92.